The van der Waals surface area contributed by atoms with Crippen molar-refractivity contribution in [2.24, 2.45) is 4.99 Å². The molecule has 0 atom stereocenters. The lowest BCUT2D eigenvalue weighted by molar-refractivity contribution is 0.0372. The van der Waals surface area contributed by atoms with E-state index in [2.05, 4.69) is 52.8 Å². The van der Waals surface area contributed by atoms with Crippen LogP contribution in [0.25, 0.3) is 0 Å². The number of aliphatic imine (C=N–C) groups is 1. The number of unbranched alkanes of at least 4 members (excludes halogenated alkanes) is 1. The Bertz CT molecular complexity index is 571. The lowest BCUT2D eigenvalue weighted by Gasteiger charge is -2.41. The van der Waals surface area contributed by atoms with Crippen molar-refractivity contribution in [2.45, 2.75) is 44.4 Å². The van der Waals surface area contributed by atoms with Crippen LogP contribution in [0.15, 0.2) is 35.3 Å². The van der Waals surface area contributed by atoms with Crippen LogP contribution in [0.4, 0.5) is 0 Å². The van der Waals surface area contributed by atoms with E-state index in [1.54, 1.807) is 0 Å². The molecule has 28 heavy (non-hydrogen) atoms. The van der Waals surface area contributed by atoms with E-state index in [4.69, 9.17) is 9.73 Å². The van der Waals surface area contributed by atoms with Crippen LogP contribution >= 0.6 is 24.0 Å². The van der Waals surface area contributed by atoms with Gasteiger partial charge in [0, 0.05) is 31.6 Å². The highest BCUT2D eigenvalue weighted by molar-refractivity contribution is 14.0. The number of hydrogen-bond donors (Lipinski definition) is 2. The molecular weight excluding hydrogens is 463 g/mol. The van der Waals surface area contributed by atoms with Crippen molar-refractivity contribution in [3.05, 3.63) is 35.9 Å². The quantitative estimate of drug-likeness (QED) is 0.236. The summed E-state index contributed by atoms with van der Waals surface area (Å²) in [7, 11) is 0. The van der Waals surface area contributed by atoms with E-state index in [9.17, 15) is 0 Å². The lowest BCUT2D eigenvalue weighted by atomic mass is 9.64. The van der Waals surface area contributed by atoms with Gasteiger partial charge in [0.1, 0.15) is 0 Å². The number of ether oxygens (including phenoxy) is 1. The minimum absolute atomic E-state index is 0. The molecule has 6 heteroatoms. The largest absolute Gasteiger partial charge is 0.379 e. The molecule has 5 nitrogen and oxygen atoms in total. The topological polar surface area (TPSA) is 48.9 Å². The molecule has 0 unspecified atom stereocenters. The Morgan fingerprint density at radius 2 is 1.86 bits per heavy atom. The fourth-order valence-electron chi connectivity index (χ4n) is 4.00. The molecule has 0 radical (unpaired) electrons. The molecular formula is C22H37IN4O. The summed E-state index contributed by atoms with van der Waals surface area (Å²) in [6.45, 7) is 10.0. The van der Waals surface area contributed by atoms with Crippen LogP contribution < -0.4 is 10.6 Å². The summed E-state index contributed by atoms with van der Waals surface area (Å²) in [4.78, 5) is 7.44. The van der Waals surface area contributed by atoms with Crippen molar-refractivity contribution in [2.75, 3.05) is 52.5 Å². The van der Waals surface area contributed by atoms with Crippen molar-refractivity contribution in [3.8, 4) is 0 Å². The third-order valence-corrected chi connectivity index (χ3v) is 5.88. The fourth-order valence-corrected chi connectivity index (χ4v) is 4.00. The highest BCUT2D eigenvalue weighted by atomic mass is 127. The standard InChI is InChI=1S/C22H36N4O.HI/c1-2-23-21(24-13-6-7-14-26-15-17-27-18-16-26)25-19-22(11-8-12-22)20-9-4-3-5-10-20;/h3-5,9-10H,2,6-8,11-19H2,1H3,(H2,23,24,25);1H. The van der Waals surface area contributed by atoms with Gasteiger partial charge < -0.3 is 15.4 Å². The maximum absolute atomic E-state index is 5.41. The Labute approximate surface area is 187 Å². The third-order valence-electron chi connectivity index (χ3n) is 5.88. The van der Waals surface area contributed by atoms with Crippen LogP contribution in [0.1, 0.15) is 44.6 Å². The Hall–Kier alpha value is -0.860. The third kappa shape index (κ3) is 6.88. The summed E-state index contributed by atoms with van der Waals surface area (Å²) in [5.74, 6) is 0.964. The number of rotatable bonds is 9. The molecule has 1 aromatic rings. The van der Waals surface area contributed by atoms with E-state index in [1.807, 2.05) is 0 Å². The van der Waals surface area contributed by atoms with Gasteiger partial charge in [-0.2, -0.15) is 0 Å². The average molecular weight is 500 g/mol. The van der Waals surface area contributed by atoms with E-state index >= 15 is 0 Å². The summed E-state index contributed by atoms with van der Waals surface area (Å²) in [6.07, 6.45) is 6.21. The molecule has 0 spiro atoms. The molecule has 3 rings (SSSR count). The second-order valence-electron chi connectivity index (χ2n) is 7.78. The Morgan fingerprint density at radius 3 is 2.50 bits per heavy atom. The zero-order valence-corrected chi connectivity index (χ0v) is 19.6. The number of morpholine rings is 1. The van der Waals surface area contributed by atoms with E-state index in [0.29, 0.717) is 0 Å². The number of benzene rings is 1. The molecule has 158 valence electrons. The van der Waals surface area contributed by atoms with Crippen LogP contribution in [-0.4, -0.2) is 63.3 Å². The predicted molar refractivity (Wildman–Crippen MR) is 128 cm³/mol. The molecule has 1 aliphatic heterocycles. The molecule has 2 aliphatic rings. The Morgan fingerprint density at radius 1 is 1.11 bits per heavy atom. The van der Waals surface area contributed by atoms with E-state index in [-0.39, 0.29) is 29.4 Å². The first-order valence-electron chi connectivity index (χ1n) is 10.7. The smallest absolute Gasteiger partial charge is 0.191 e. The van der Waals surface area contributed by atoms with Crippen molar-refractivity contribution in [1.82, 2.24) is 15.5 Å². The molecule has 1 saturated heterocycles. The van der Waals surface area contributed by atoms with Gasteiger partial charge in [-0.25, -0.2) is 0 Å². The molecule has 0 bridgehead atoms. The van der Waals surface area contributed by atoms with Gasteiger partial charge in [-0.15, -0.1) is 24.0 Å². The van der Waals surface area contributed by atoms with Gasteiger partial charge in [0.05, 0.1) is 19.8 Å². The number of hydrogen-bond acceptors (Lipinski definition) is 3. The van der Waals surface area contributed by atoms with Gasteiger partial charge in [-0.3, -0.25) is 9.89 Å². The summed E-state index contributed by atoms with van der Waals surface area (Å²) in [6, 6.07) is 10.9. The van der Waals surface area contributed by atoms with Crippen molar-refractivity contribution in [3.63, 3.8) is 0 Å². The molecule has 0 aromatic heterocycles. The van der Waals surface area contributed by atoms with E-state index in [1.165, 1.54) is 44.2 Å². The Kier molecular flexibility index (Phi) is 10.6. The maximum atomic E-state index is 5.41. The molecule has 2 fully saturated rings. The van der Waals surface area contributed by atoms with Gasteiger partial charge in [0.25, 0.3) is 0 Å². The minimum Gasteiger partial charge on any atom is -0.379 e. The van der Waals surface area contributed by atoms with Gasteiger partial charge in [0.2, 0.25) is 0 Å². The molecule has 2 N–H and O–H groups in total. The van der Waals surface area contributed by atoms with Crippen LogP contribution in [0.5, 0.6) is 0 Å². The van der Waals surface area contributed by atoms with Crippen molar-refractivity contribution >= 4 is 29.9 Å². The van der Waals surface area contributed by atoms with Crippen molar-refractivity contribution < 1.29 is 4.74 Å². The maximum Gasteiger partial charge on any atom is 0.191 e. The minimum atomic E-state index is 0. The number of guanidine groups is 1. The van der Waals surface area contributed by atoms with E-state index in [0.717, 1.165) is 51.9 Å². The highest BCUT2D eigenvalue weighted by Gasteiger charge is 2.38. The van der Waals surface area contributed by atoms with Crippen molar-refractivity contribution in [1.29, 1.82) is 0 Å². The molecule has 0 amide bonds. The van der Waals surface area contributed by atoms with E-state index < -0.39 is 0 Å². The fraction of sp³-hybridized carbons (Fsp3) is 0.682. The summed E-state index contributed by atoms with van der Waals surface area (Å²) >= 11 is 0. The zero-order chi connectivity index (χ0) is 18.8. The van der Waals surface area contributed by atoms with Gasteiger partial charge in [0.15, 0.2) is 5.96 Å². The molecule has 1 aliphatic carbocycles. The summed E-state index contributed by atoms with van der Waals surface area (Å²) in [5, 5.41) is 6.93. The number of halogens is 1. The number of nitrogens with one attached hydrogen (secondary N) is 2. The molecule has 1 heterocycles. The lowest BCUT2D eigenvalue weighted by Crippen LogP contribution is -2.42. The SMILES string of the molecule is CCNC(=NCC1(c2ccccc2)CCC1)NCCCCN1CCOCC1.I. The Balaban J connectivity index is 0.00000280. The average Bonchev–Trinajstić information content (AvgIpc) is 2.68. The van der Waals surface area contributed by atoms with Crippen LogP contribution in [0.3, 0.4) is 0 Å². The predicted octanol–water partition coefficient (Wildman–Crippen LogP) is 3.39. The second-order valence-corrected chi connectivity index (χ2v) is 7.78. The zero-order valence-electron chi connectivity index (χ0n) is 17.3. The van der Waals surface area contributed by atoms with Crippen LogP contribution in [0.2, 0.25) is 0 Å². The first-order chi connectivity index (χ1) is 13.3. The monoisotopic (exact) mass is 500 g/mol. The van der Waals surface area contributed by atoms with Gasteiger partial charge >= 0.3 is 0 Å². The van der Waals surface area contributed by atoms with Gasteiger partial charge in [-0.05, 0) is 44.7 Å². The highest BCUT2D eigenvalue weighted by Crippen LogP contribution is 2.43. The van der Waals surface area contributed by atoms with Crippen LogP contribution in [-0.2, 0) is 10.2 Å². The van der Waals surface area contributed by atoms with Gasteiger partial charge in [-0.1, -0.05) is 36.8 Å². The first-order valence-corrected chi connectivity index (χ1v) is 10.7. The molecule has 1 saturated carbocycles. The second kappa shape index (κ2) is 12.6. The number of nitrogens with zero attached hydrogens (tertiary/aromatic N) is 2. The van der Waals surface area contributed by atoms with Crippen LogP contribution in [0, 0.1) is 0 Å². The summed E-state index contributed by atoms with van der Waals surface area (Å²) in [5.41, 5.74) is 1.70. The normalized spacial score (nSPS) is 19.4. The first kappa shape index (κ1) is 23.4. The molecule has 1 aromatic carbocycles. The summed E-state index contributed by atoms with van der Waals surface area (Å²) < 4.78 is 5.41.